The minimum absolute atomic E-state index is 0.0464. The molecule has 1 aromatic heterocycles. The third kappa shape index (κ3) is 4.06. The third-order valence-corrected chi connectivity index (χ3v) is 3.37. The van der Waals surface area contributed by atoms with E-state index < -0.39 is 0 Å². The van der Waals surface area contributed by atoms with Crippen LogP contribution in [-0.4, -0.2) is 20.0 Å². The first-order valence-electron chi connectivity index (χ1n) is 6.26. The average molecular weight is 335 g/mol. The summed E-state index contributed by atoms with van der Waals surface area (Å²) >= 11 is 3.36. The molecule has 0 bridgehead atoms. The van der Waals surface area contributed by atoms with Gasteiger partial charge in [-0.1, -0.05) is 15.9 Å². The molecule has 2 rings (SSSR count). The molecule has 0 unspecified atom stereocenters. The predicted octanol–water partition coefficient (Wildman–Crippen LogP) is 2.44. The molecule has 0 radical (unpaired) electrons. The van der Waals surface area contributed by atoms with Crippen molar-refractivity contribution < 1.29 is 9.36 Å². The Hall–Kier alpha value is -1.88. The maximum atomic E-state index is 11.9. The minimum atomic E-state index is -0.0464. The SMILES string of the molecule is CN(C)c1cc[n+](CC(=O)Nc2ccc(Br)cc2)cc1. The Balaban J connectivity index is 1.95. The van der Waals surface area contributed by atoms with Crippen LogP contribution in [0.4, 0.5) is 11.4 Å². The summed E-state index contributed by atoms with van der Waals surface area (Å²) in [6, 6.07) is 11.5. The first-order chi connectivity index (χ1) is 9.54. The van der Waals surface area contributed by atoms with Gasteiger partial charge in [0.05, 0.1) is 0 Å². The quantitative estimate of drug-likeness (QED) is 0.872. The van der Waals surface area contributed by atoms with Gasteiger partial charge >= 0.3 is 0 Å². The van der Waals surface area contributed by atoms with Crippen molar-refractivity contribution >= 4 is 33.2 Å². The molecule has 0 saturated heterocycles. The van der Waals surface area contributed by atoms with Crippen molar-refractivity contribution in [3.63, 3.8) is 0 Å². The van der Waals surface area contributed by atoms with Gasteiger partial charge in [-0.15, -0.1) is 0 Å². The van der Waals surface area contributed by atoms with Crippen LogP contribution in [0.25, 0.3) is 0 Å². The highest BCUT2D eigenvalue weighted by molar-refractivity contribution is 9.10. The Morgan fingerprint density at radius 1 is 1.15 bits per heavy atom. The summed E-state index contributed by atoms with van der Waals surface area (Å²) < 4.78 is 2.84. The third-order valence-electron chi connectivity index (χ3n) is 2.84. The Kier molecular flexibility index (Phi) is 4.74. The number of carbonyl (C=O) groups excluding carboxylic acids is 1. The molecule has 0 aliphatic carbocycles. The number of nitrogens with one attached hydrogen (secondary N) is 1. The van der Waals surface area contributed by atoms with E-state index in [0.717, 1.165) is 15.8 Å². The van der Waals surface area contributed by atoms with Crippen molar-refractivity contribution in [1.29, 1.82) is 0 Å². The Morgan fingerprint density at radius 2 is 1.75 bits per heavy atom. The number of anilines is 2. The Labute approximate surface area is 127 Å². The molecular weight excluding hydrogens is 318 g/mol. The molecule has 5 heteroatoms. The van der Waals surface area contributed by atoms with Gasteiger partial charge in [-0.25, -0.2) is 0 Å². The number of halogens is 1. The molecule has 0 spiro atoms. The highest BCUT2D eigenvalue weighted by atomic mass is 79.9. The van der Waals surface area contributed by atoms with Gasteiger partial charge < -0.3 is 10.2 Å². The monoisotopic (exact) mass is 334 g/mol. The molecule has 0 fully saturated rings. The van der Waals surface area contributed by atoms with Gasteiger partial charge in [-0.2, -0.15) is 4.57 Å². The van der Waals surface area contributed by atoms with Crippen LogP contribution in [0.2, 0.25) is 0 Å². The molecule has 0 aliphatic rings. The summed E-state index contributed by atoms with van der Waals surface area (Å²) in [4.78, 5) is 14.0. The van der Waals surface area contributed by atoms with E-state index in [9.17, 15) is 4.79 Å². The van der Waals surface area contributed by atoms with Gasteiger partial charge in [-0.05, 0) is 24.3 Å². The molecule has 1 heterocycles. The fourth-order valence-electron chi connectivity index (χ4n) is 1.75. The smallest absolute Gasteiger partial charge is 0.290 e. The van der Waals surface area contributed by atoms with Crippen molar-refractivity contribution in [2.24, 2.45) is 0 Å². The van der Waals surface area contributed by atoms with Crippen LogP contribution in [0, 0.1) is 0 Å². The van der Waals surface area contributed by atoms with E-state index in [0.29, 0.717) is 6.54 Å². The predicted molar refractivity (Wildman–Crippen MR) is 83.7 cm³/mol. The number of nitrogens with zero attached hydrogens (tertiary/aromatic N) is 2. The standard InChI is InChI=1S/C15H16BrN3O/c1-18(2)14-7-9-19(10-8-14)11-15(20)17-13-5-3-12(16)4-6-13/h3-10H,11H2,1-2H3/p+1. The number of carbonyl (C=O) groups is 1. The molecule has 1 N–H and O–H groups in total. The van der Waals surface area contributed by atoms with Crippen molar-refractivity contribution in [2.75, 3.05) is 24.3 Å². The molecule has 4 nitrogen and oxygen atoms in total. The number of pyridine rings is 1. The second-order valence-electron chi connectivity index (χ2n) is 4.68. The molecular formula is C15H17BrN3O+. The van der Waals surface area contributed by atoms with E-state index in [-0.39, 0.29) is 5.91 Å². The molecule has 1 amide bonds. The van der Waals surface area contributed by atoms with Crippen LogP contribution in [0.3, 0.4) is 0 Å². The summed E-state index contributed by atoms with van der Waals surface area (Å²) in [6.07, 6.45) is 3.80. The number of rotatable bonds is 4. The fraction of sp³-hybridized carbons (Fsp3) is 0.200. The van der Waals surface area contributed by atoms with E-state index in [4.69, 9.17) is 0 Å². The lowest BCUT2D eigenvalue weighted by atomic mass is 10.3. The molecule has 0 atom stereocenters. The topological polar surface area (TPSA) is 36.2 Å². The van der Waals surface area contributed by atoms with Crippen LogP contribution in [-0.2, 0) is 11.3 Å². The molecule has 2 aromatic rings. The normalized spacial score (nSPS) is 10.2. The largest absolute Gasteiger partial charge is 0.377 e. The molecule has 1 aromatic carbocycles. The Morgan fingerprint density at radius 3 is 2.30 bits per heavy atom. The van der Waals surface area contributed by atoms with Crippen LogP contribution in [0.1, 0.15) is 0 Å². The van der Waals surface area contributed by atoms with E-state index >= 15 is 0 Å². The first-order valence-corrected chi connectivity index (χ1v) is 7.06. The number of aromatic nitrogens is 1. The lowest BCUT2D eigenvalue weighted by Crippen LogP contribution is -2.39. The minimum Gasteiger partial charge on any atom is -0.377 e. The lowest BCUT2D eigenvalue weighted by Gasteiger charge is -2.10. The van der Waals surface area contributed by atoms with Crippen molar-refractivity contribution in [1.82, 2.24) is 0 Å². The zero-order valence-electron chi connectivity index (χ0n) is 11.5. The maximum absolute atomic E-state index is 11.9. The summed E-state index contributed by atoms with van der Waals surface area (Å²) in [7, 11) is 3.97. The zero-order chi connectivity index (χ0) is 14.5. The first kappa shape index (κ1) is 14.5. The number of amides is 1. The van der Waals surface area contributed by atoms with Crippen LogP contribution < -0.4 is 14.8 Å². The van der Waals surface area contributed by atoms with E-state index in [2.05, 4.69) is 21.2 Å². The van der Waals surface area contributed by atoms with Gasteiger partial charge in [0, 0.05) is 42.1 Å². The van der Waals surface area contributed by atoms with Crippen LogP contribution in [0.5, 0.6) is 0 Å². The maximum Gasteiger partial charge on any atom is 0.290 e. The second kappa shape index (κ2) is 6.52. The number of hydrogen-bond acceptors (Lipinski definition) is 2. The highest BCUT2D eigenvalue weighted by Gasteiger charge is 2.09. The lowest BCUT2D eigenvalue weighted by molar-refractivity contribution is -0.684. The van der Waals surface area contributed by atoms with E-state index in [1.807, 2.05) is 72.4 Å². The summed E-state index contributed by atoms with van der Waals surface area (Å²) in [5.74, 6) is -0.0464. The molecule has 104 valence electrons. The van der Waals surface area contributed by atoms with E-state index in [1.165, 1.54) is 0 Å². The average Bonchev–Trinajstić information content (AvgIpc) is 2.42. The Bertz CT molecular complexity index is 579. The van der Waals surface area contributed by atoms with Gasteiger partial charge in [0.15, 0.2) is 12.4 Å². The van der Waals surface area contributed by atoms with Gasteiger partial charge in [0.25, 0.3) is 5.91 Å². The van der Waals surface area contributed by atoms with Gasteiger partial charge in [0.1, 0.15) is 0 Å². The zero-order valence-corrected chi connectivity index (χ0v) is 13.1. The van der Waals surface area contributed by atoms with Crippen molar-refractivity contribution in [3.05, 3.63) is 53.3 Å². The van der Waals surface area contributed by atoms with Gasteiger partial charge in [0.2, 0.25) is 6.54 Å². The number of hydrogen-bond donors (Lipinski definition) is 1. The second-order valence-corrected chi connectivity index (χ2v) is 5.59. The summed E-state index contributed by atoms with van der Waals surface area (Å²) in [5, 5.41) is 2.86. The molecule has 0 saturated carbocycles. The molecule has 0 aliphatic heterocycles. The van der Waals surface area contributed by atoms with E-state index in [1.54, 1.807) is 0 Å². The summed E-state index contributed by atoms with van der Waals surface area (Å²) in [5.41, 5.74) is 1.90. The van der Waals surface area contributed by atoms with Gasteiger partial charge in [-0.3, -0.25) is 4.79 Å². The fourth-order valence-corrected chi connectivity index (χ4v) is 2.02. The highest BCUT2D eigenvalue weighted by Crippen LogP contribution is 2.13. The van der Waals surface area contributed by atoms with Crippen LogP contribution in [0.15, 0.2) is 53.3 Å². The molecule has 20 heavy (non-hydrogen) atoms. The number of benzene rings is 1. The summed E-state index contributed by atoms with van der Waals surface area (Å²) in [6.45, 7) is 0.295. The van der Waals surface area contributed by atoms with Crippen molar-refractivity contribution in [2.45, 2.75) is 6.54 Å². The van der Waals surface area contributed by atoms with Crippen LogP contribution >= 0.6 is 15.9 Å². The van der Waals surface area contributed by atoms with Crippen molar-refractivity contribution in [3.8, 4) is 0 Å².